The number of fused-ring (bicyclic) bond motifs is 2. The first-order valence-corrected chi connectivity index (χ1v) is 6.44. The van der Waals surface area contributed by atoms with E-state index in [1.54, 1.807) is 7.11 Å². The van der Waals surface area contributed by atoms with Crippen LogP contribution in [-0.4, -0.2) is 19.3 Å². The Kier molecular flexibility index (Phi) is 3.36. The molecule has 0 aromatic rings. The number of methoxy groups -OCH3 is 1. The van der Waals surface area contributed by atoms with Crippen LogP contribution in [0.3, 0.4) is 0 Å². The molecule has 2 N–H and O–H groups in total. The molecular formula is C13H25NO. The van der Waals surface area contributed by atoms with E-state index in [2.05, 4.69) is 6.92 Å². The lowest BCUT2D eigenvalue weighted by Gasteiger charge is -2.33. The number of hydrogen-bond acceptors (Lipinski definition) is 2. The van der Waals surface area contributed by atoms with Gasteiger partial charge in [-0.05, 0) is 49.9 Å². The largest absolute Gasteiger partial charge is 0.383 e. The summed E-state index contributed by atoms with van der Waals surface area (Å²) in [6.07, 6.45) is 8.08. The Morgan fingerprint density at radius 2 is 2.13 bits per heavy atom. The zero-order valence-electron chi connectivity index (χ0n) is 10.2. The van der Waals surface area contributed by atoms with E-state index < -0.39 is 0 Å². The molecule has 88 valence electrons. The maximum atomic E-state index is 6.39. The van der Waals surface area contributed by atoms with Gasteiger partial charge in [0.2, 0.25) is 0 Å². The van der Waals surface area contributed by atoms with Gasteiger partial charge in [0.05, 0.1) is 6.61 Å². The third-order valence-electron chi connectivity index (χ3n) is 4.69. The van der Waals surface area contributed by atoms with E-state index >= 15 is 0 Å². The zero-order chi connectivity index (χ0) is 10.9. The van der Waals surface area contributed by atoms with Crippen molar-refractivity contribution in [1.29, 1.82) is 0 Å². The number of nitrogens with two attached hydrogens (primary N) is 1. The van der Waals surface area contributed by atoms with Gasteiger partial charge in [0.15, 0.2) is 0 Å². The summed E-state index contributed by atoms with van der Waals surface area (Å²) in [5.74, 6) is 2.91. The van der Waals surface area contributed by atoms with Crippen molar-refractivity contribution in [1.82, 2.24) is 0 Å². The SMILES string of the molecule is CCC(N)(COC)CC1CC2CCC1C2. The Labute approximate surface area is 93.6 Å². The van der Waals surface area contributed by atoms with Crippen molar-refractivity contribution in [3.8, 4) is 0 Å². The van der Waals surface area contributed by atoms with Crippen LogP contribution in [0.5, 0.6) is 0 Å². The highest BCUT2D eigenvalue weighted by Crippen LogP contribution is 2.50. The van der Waals surface area contributed by atoms with E-state index in [-0.39, 0.29) is 5.54 Å². The first-order chi connectivity index (χ1) is 7.17. The monoisotopic (exact) mass is 211 g/mol. The Bertz CT molecular complexity index is 219. The summed E-state index contributed by atoms with van der Waals surface area (Å²) in [6.45, 7) is 2.91. The van der Waals surface area contributed by atoms with Gasteiger partial charge in [-0.1, -0.05) is 13.3 Å². The molecule has 2 aliphatic carbocycles. The van der Waals surface area contributed by atoms with Crippen molar-refractivity contribution in [2.24, 2.45) is 23.5 Å². The molecule has 2 heteroatoms. The first kappa shape index (κ1) is 11.4. The van der Waals surface area contributed by atoms with Crippen molar-refractivity contribution in [2.75, 3.05) is 13.7 Å². The van der Waals surface area contributed by atoms with Gasteiger partial charge in [-0.3, -0.25) is 0 Å². The number of rotatable bonds is 5. The summed E-state index contributed by atoms with van der Waals surface area (Å²) in [6, 6.07) is 0. The molecule has 0 aromatic heterocycles. The standard InChI is InChI=1S/C13H25NO/c1-3-13(14,9-15-2)8-12-7-10-4-5-11(12)6-10/h10-12H,3-9,14H2,1-2H3. The molecule has 0 radical (unpaired) electrons. The van der Waals surface area contributed by atoms with E-state index in [4.69, 9.17) is 10.5 Å². The van der Waals surface area contributed by atoms with Crippen LogP contribution in [-0.2, 0) is 4.74 Å². The molecule has 0 amide bonds. The maximum Gasteiger partial charge on any atom is 0.0642 e. The van der Waals surface area contributed by atoms with Gasteiger partial charge in [0.1, 0.15) is 0 Å². The average molecular weight is 211 g/mol. The minimum Gasteiger partial charge on any atom is -0.383 e. The van der Waals surface area contributed by atoms with Crippen LogP contribution in [0, 0.1) is 17.8 Å². The van der Waals surface area contributed by atoms with Crippen LogP contribution in [0.25, 0.3) is 0 Å². The third kappa shape index (κ3) is 2.36. The van der Waals surface area contributed by atoms with Crippen molar-refractivity contribution in [3.63, 3.8) is 0 Å². The highest BCUT2D eigenvalue weighted by Gasteiger charge is 2.42. The Hall–Kier alpha value is -0.0800. The topological polar surface area (TPSA) is 35.2 Å². The molecule has 2 nitrogen and oxygen atoms in total. The summed E-state index contributed by atoms with van der Waals surface area (Å²) >= 11 is 0. The second-order valence-electron chi connectivity index (χ2n) is 5.79. The minimum absolute atomic E-state index is 0.0656. The van der Waals surface area contributed by atoms with Gasteiger partial charge in [-0.25, -0.2) is 0 Å². The Morgan fingerprint density at radius 3 is 2.60 bits per heavy atom. The number of hydrogen-bond donors (Lipinski definition) is 1. The van der Waals surface area contributed by atoms with Gasteiger partial charge < -0.3 is 10.5 Å². The molecule has 4 unspecified atom stereocenters. The van der Waals surface area contributed by atoms with Crippen LogP contribution in [0.2, 0.25) is 0 Å². The lowest BCUT2D eigenvalue weighted by molar-refractivity contribution is 0.103. The molecule has 2 aliphatic rings. The predicted octanol–water partition coefficient (Wildman–Crippen LogP) is 2.57. The summed E-state index contributed by atoms with van der Waals surface area (Å²) in [4.78, 5) is 0. The highest BCUT2D eigenvalue weighted by molar-refractivity contribution is 4.95. The summed E-state index contributed by atoms with van der Waals surface area (Å²) < 4.78 is 5.26. The molecule has 0 aliphatic heterocycles. The van der Waals surface area contributed by atoms with Crippen LogP contribution in [0.4, 0.5) is 0 Å². The minimum atomic E-state index is -0.0656. The molecule has 2 fully saturated rings. The van der Waals surface area contributed by atoms with Gasteiger partial charge in [0, 0.05) is 12.6 Å². The van der Waals surface area contributed by atoms with Crippen LogP contribution >= 0.6 is 0 Å². The molecule has 2 bridgehead atoms. The molecule has 0 aromatic carbocycles. The molecule has 0 heterocycles. The lowest BCUT2D eigenvalue weighted by Crippen LogP contribution is -2.46. The van der Waals surface area contributed by atoms with Gasteiger partial charge in [-0.15, -0.1) is 0 Å². The maximum absolute atomic E-state index is 6.39. The molecule has 15 heavy (non-hydrogen) atoms. The van der Waals surface area contributed by atoms with Crippen LogP contribution < -0.4 is 5.73 Å². The normalized spacial score (nSPS) is 38.2. The van der Waals surface area contributed by atoms with E-state index in [0.29, 0.717) is 0 Å². The first-order valence-electron chi connectivity index (χ1n) is 6.44. The second-order valence-corrected chi connectivity index (χ2v) is 5.79. The summed E-state index contributed by atoms with van der Waals surface area (Å²) in [5, 5.41) is 0. The predicted molar refractivity (Wildman–Crippen MR) is 62.6 cm³/mol. The number of ether oxygens (including phenoxy) is 1. The van der Waals surface area contributed by atoms with Crippen LogP contribution in [0.15, 0.2) is 0 Å². The van der Waals surface area contributed by atoms with Crippen molar-refractivity contribution in [2.45, 2.75) is 51.0 Å². The fourth-order valence-electron chi connectivity index (χ4n) is 3.74. The molecule has 2 rings (SSSR count). The second kappa shape index (κ2) is 4.42. The van der Waals surface area contributed by atoms with E-state index in [1.165, 1.54) is 32.1 Å². The van der Waals surface area contributed by atoms with Gasteiger partial charge >= 0.3 is 0 Å². The molecule has 0 spiro atoms. The van der Waals surface area contributed by atoms with Crippen molar-refractivity contribution >= 4 is 0 Å². The third-order valence-corrected chi connectivity index (χ3v) is 4.69. The van der Waals surface area contributed by atoms with Gasteiger partial charge in [0.25, 0.3) is 0 Å². The molecule has 2 saturated carbocycles. The van der Waals surface area contributed by atoms with E-state index in [9.17, 15) is 0 Å². The fourth-order valence-corrected chi connectivity index (χ4v) is 3.74. The lowest BCUT2D eigenvalue weighted by atomic mass is 9.78. The van der Waals surface area contributed by atoms with E-state index in [1.807, 2.05) is 0 Å². The Morgan fingerprint density at radius 1 is 1.33 bits per heavy atom. The van der Waals surface area contributed by atoms with E-state index in [0.717, 1.165) is 30.8 Å². The van der Waals surface area contributed by atoms with Crippen molar-refractivity contribution < 1.29 is 4.74 Å². The smallest absolute Gasteiger partial charge is 0.0642 e. The molecule has 0 saturated heterocycles. The summed E-state index contributed by atoms with van der Waals surface area (Å²) in [5.41, 5.74) is 6.33. The molecule has 4 atom stereocenters. The molecular weight excluding hydrogens is 186 g/mol. The zero-order valence-corrected chi connectivity index (χ0v) is 10.2. The summed E-state index contributed by atoms with van der Waals surface area (Å²) in [7, 11) is 1.76. The van der Waals surface area contributed by atoms with Crippen molar-refractivity contribution in [3.05, 3.63) is 0 Å². The Balaban J connectivity index is 1.89. The highest BCUT2D eigenvalue weighted by atomic mass is 16.5. The van der Waals surface area contributed by atoms with Gasteiger partial charge in [-0.2, -0.15) is 0 Å². The fraction of sp³-hybridized carbons (Fsp3) is 1.00. The quantitative estimate of drug-likeness (QED) is 0.758. The average Bonchev–Trinajstić information content (AvgIpc) is 2.79. The van der Waals surface area contributed by atoms with Crippen LogP contribution in [0.1, 0.15) is 45.4 Å².